The molecule has 1 aliphatic heterocycles. The fraction of sp³-hybridized carbons (Fsp3) is 0.360. The number of aliphatic hydroxyl groups is 2. The molecule has 0 saturated carbocycles. The zero-order valence-corrected chi connectivity index (χ0v) is 19.3. The Balaban J connectivity index is 1.44. The van der Waals surface area contributed by atoms with Crippen LogP contribution in [-0.2, 0) is 6.54 Å². The van der Waals surface area contributed by atoms with E-state index in [0.717, 1.165) is 28.0 Å². The van der Waals surface area contributed by atoms with Gasteiger partial charge >= 0.3 is 0 Å². The molecule has 1 fully saturated rings. The number of hydrogen-bond acceptors (Lipinski definition) is 8. The van der Waals surface area contributed by atoms with Crippen LogP contribution in [0.4, 0.5) is 11.9 Å². The van der Waals surface area contributed by atoms with E-state index in [1.165, 1.54) is 0 Å². The van der Waals surface area contributed by atoms with Gasteiger partial charge in [-0.3, -0.25) is 4.98 Å². The van der Waals surface area contributed by atoms with E-state index >= 15 is 0 Å². The smallest absolute Gasteiger partial charge is 0.231 e. The van der Waals surface area contributed by atoms with Gasteiger partial charge in [-0.2, -0.15) is 19.6 Å². The molecule has 0 bridgehead atoms. The number of fused-ring (bicyclic) bond motifs is 1. The minimum Gasteiger partial charge on any atom is -0.394 e. The van der Waals surface area contributed by atoms with Crippen LogP contribution in [0.25, 0.3) is 16.9 Å². The molecule has 1 aromatic carbocycles. The van der Waals surface area contributed by atoms with Gasteiger partial charge in [0.1, 0.15) is 0 Å². The second kappa shape index (κ2) is 9.36. The Bertz CT molecular complexity index is 1260. The first-order valence-electron chi connectivity index (χ1n) is 11.6. The Hall–Kier alpha value is -3.56. The molecule has 3 aromatic heterocycles. The van der Waals surface area contributed by atoms with E-state index in [9.17, 15) is 10.2 Å². The summed E-state index contributed by atoms with van der Waals surface area (Å²) in [4.78, 5) is 16.0. The molecule has 0 aliphatic carbocycles. The summed E-state index contributed by atoms with van der Waals surface area (Å²) in [6, 6.07) is 13.9. The Morgan fingerprint density at radius 3 is 2.62 bits per heavy atom. The first-order valence-corrected chi connectivity index (χ1v) is 11.6. The quantitative estimate of drug-likeness (QED) is 0.387. The summed E-state index contributed by atoms with van der Waals surface area (Å²) in [5.41, 5.74) is 4.74. The highest BCUT2D eigenvalue weighted by atomic mass is 16.3. The summed E-state index contributed by atoms with van der Waals surface area (Å²) >= 11 is 0. The van der Waals surface area contributed by atoms with E-state index in [1.807, 2.05) is 59.8 Å². The predicted molar refractivity (Wildman–Crippen MR) is 131 cm³/mol. The van der Waals surface area contributed by atoms with E-state index in [-0.39, 0.29) is 18.6 Å². The minimum atomic E-state index is -0.517. The Labute approximate surface area is 198 Å². The number of hydrogen-bond donors (Lipinski definition) is 3. The molecule has 9 nitrogen and oxygen atoms in total. The molecule has 9 heteroatoms. The number of nitrogens with zero attached hydrogens (tertiary/aromatic N) is 6. The van der Waals surface area contributed by atoms with E-state index < -0.39 is 6.10 Å². The number of nitrogens with one attached hydrogen (secondary N) is 1. The van der Waals surface area contributed by atoms with E-state index in [1.54, 1.807) is 4.52 Å². The van der Waals surface area contributed by atoms with E-state index in [0.29, 0.717) is 31.4 Å². The molecule has 0 amide bonds. The molecule has 1 aliphatic rings. The van der Waals surface area contributed by atoms with Crippen molar-refractivity contribution in [2.75, 3.05) is 23.4 Å². The van der Waals surface area contributed by atoms with Gasteiger partial charge in [0.05, 0.1) is 30.6 Å². The van der Waals surface area contributed by atoms with Gasteiger partial charge in [-0.05, 0) is 24.0 Å². The van der Waals surface area contributed by atoms with E-state index in [2.05, 4.69) is 29.2 Å². The van der Waals surface area contributed by atoms with Crippen LogP contribution in [0.5, 0.6) is 0 Å². The second-order valence-corrected chi connectivity index (χ2v) is 8.99. The van der Waals surface area contributed by atoms with Crippen molar-refractivity contribution in [1.29, 1.82) is 0 Å². The predicted octanol–water partition coefficient (Wildman–Crippen LogP) is 2.85. The monoisotopic (exact) mass is 459 g/mol. The van der Waals surface area contributed by atoms with Crippen LogP contribution >= 0.6 is 0 Å². The Kier molecular flexibility index (Phi) is 6.12. The number of anilines is 2. The van der Waals surface area contributed by atoms with Crippen LogP contribution < -0.4 is 10.2 Å². The highest BCUT2D eigenvalue weighted by molar-refractivity contribution is 5.59. The zero-order valence-electron chi connectivity index (χ0n) is 19.3. The molecule has 0 unspecified atom stereocenters. The molecule has 4 heterocycles. The van der Waals surface area contributed by atoms with Crippen molar-refractivity contribution in [2.24, 2.45) is 0 Å². The van der Waals surface area contributed by atoms with Gasteiger partial charge in [0.2, 0.25) is 11.9 Å². The first-order chi connectivity index (χ1) is 16.5. The summed E-state index contributed by atoms with van der Waals surface area (Å²) in [6.07, 6.45) is 3.65. The maximum Gasteiger partial charge on any atom is 0.231 e. The van der Waals surface area contributed by atoms with Gasteiger partial charge in [0.25, 0.3) is 0 Å². The standard InChI is InChI=1S/C25H29N7O2/c1-16(2)21-13-28-32-23(21)29-25(31-14-20(34)10-19(31)15-33)30-24(32)27-12-17-8-9-22(26-11-17)18-6-4-3-5-7-18/h3-9,11,13,16,19-20,33-34H,10,12,14-15H2,1-2H3,(H,27,29,30)/t19-,20+/m0/s1. The molecule has 34 heavy (non-hydrogen) atoms. The SMILES string of the molecule is CC(C)c1cnn2c(NCc3ccc(-c4ccccc4)nc3)nc(N3C[C@H](O)C[C@H]3CO)nc12. The normalized spacial score (nSPS) is 18.2. The maximum absolute atomic E-state index is 10.2. The van der Waals surface area contributed by atoms with Crippen LogP contribution in [-0.4, -0.2) is 60.1 Å². The molecule has 1 saturated heterocycles. The lowest BCUT2D eigenvalue weighted by molar-refractivity contribution is 0.184. The number of benzene rings is 1. The lowest BCUT2D eigenvalue weighted by Gasteiger charge is -2.23. The maximum atomic E-state index is 10.2. The number of pyridine rings is 1. The minimum absolute atomic E-state index is 0.0654. The fourth-order valence-electron chi connectivity index (χ4n) is 4.33. The summed E-state index contributed by atoms with van der Waals surface area (Å²) in [5.74, 6) is 1.27. The molecule has 3 N–H and O–H groups in total. The van der Waals surface area contributed by atoms with Crippen LogP contribution in [0.2, 0.25) is 0 Å². The summed E-state index contributed by atoms with van der Waals surface area (Å²) in [6.45, 7) is 5.03. The zero-order chi connectivity index (χ0) is 23.7. The van der Waals surface area contributed by atoms with Crippen molar-refractivity contribution in [3.8, 4) is 11.3 Å². The van der Waals surface area contributed by atoms with Crippen LogP contribution in [0, 0.1) is 0 Å². The van der Waals surface area contributed by atoms with Gasteiger partial charge in [-0.25, -0.2) is 0 Å². The largest absolute Gasteiger partial charge is 0.394 e. The number of aliphatic hydroxyl groups excluding tert-OH is 2. The topological polar surface area (TPSA) is 112 Å². The van der Waals surface area contributed by atoms with Crippen LogP contribution in [0.3, 0.4) is 0 Å². The Morgan fingerprint density at radius 1 is 1.09 bits per heavy atom. The van der Waals surface area contributed by atoms with Crippen molar-refractivity contribution in [2.45, 2.75) is 44.9 Å². The lowest BCUT2D eigenvalue weighted by Crippen LogP contribution is -2.34. The Morgan fingerprint density at radius 2 is 1.91 bits per heavy atom. The third-order valence-electron chi connectivity index (χ3n) is 6.21. The molecular weight excluding hydrogens is 430 g/mol. The van der Waals surface area contributed by atoms with Crippen LogP contribution in [0.1, 0.15) is 37.3 Å². The molecule has 176 valence electrons. The average Bonchev–Trinajstić information content (AvgIpc) is 3.46. The summed E-state index contributed by atoms with van der Waals surface area (Å²) < 4.78 is 1.71. The average molecular weight is 460 g/mol. The lowest BCUT2D eigenvalue weighted by atomic mass is 10.1. The third kappa shape index (κ3) is 4.32. The molecule has 5 rings (SSSR count). The summed E-state index contributed by atoms with van der Waals surface area (Å²) in [7, 11) is 0. The van der Waals surface area contributed by atoms with Crippen molar-refractivity contribution in [1.82, 2.24) is 24.6 Å². The van der Waals surface area contributed by atoms with E-state index in [4.69, 9.17) is 9.97 Å². The number of aromatic nitrogens is 5. The number of β-amino-alcohol motifs (C(OH)–C–C–N with tert-alkyl or cyclic N) is 1. The highest BCUT2D eigenvalue weighted by Gasteiger charge is 2.33. The molecule has 4 aromatic rings. The summed E-state index contributed by atoms with van der Waals surface area (Å²) in [5, 5.41) is 27.9. The van der Waals surface area contributed by atoms with Gasteiger partial charge in [0, 0.05) is 30.4 Å². The van der Waals surface area contributed by atoms with Gasteiger partial charge < -0.3 is 20.4 Å². The van der Waals surface area contributed by atoms with Gasteiger partial charge in [-0.1, -0.05) is 50.2 Å². The molecule has 0 spiro atoms. The van der Waals surface area contributed by atoms with Gasteiger partial charge in [0.15, 0.2) is 5.65 Å². The molecular formula is C25H29N7O2. The van der Waals surface area contributed by atoms with Crippen LogP contribution in [0.15, 0.2) is 54.9 Å². The third-order valence-corrected chi connectivity index (χ3v) is 6.21. The van der Waals surface area contributed by atoms with Crippen molar-refractivity contribution in [3.63, 3.8) is 0 Å². The first kappa shape index (κ1) is 22.2. The van der Waals surface area contributed by atoms with Gasteiger partial charge in [-0.15, -0.1) is 0 Å². The fourth-order valence-corrected chi connectivity index (χ4v) is 4.33. The van der Waals surface area contributed by atoms with Crippen molar-refractivity contribution in [3.05, 3.63) is 66.0 Å². The second-order valence-electron chi connectivity index (χ2n) is 8.99. The van der Waals surface area contributed by atoms with Crippen molar-refractivity contribution >= 4 is 17.5 Å². The number of rotatable bonds is 7. The highest BCUT2D eigenvalue weighted by Crippen LogP contribution is 2.27. The molecule has 2 atom stereocenters. The van der Waals surface area contributed by atoms with Crippen molar-refractivity contribution < 1.29 is 10.2 Å². The molecule has 0 radical (unpaired) electrons.